The number of carbonyl (C=O) groups excluding carboxylic acids is 1. The van der Waals surface area contributed by atoms with Gasteiger partial charge in [0.1, 0.15) is 11.5 Å². The molecule has 0 saturated heterocycles. The molecule has 0 spiro atoms. The van der Waals surface area contributed by atoms with Crippen molar-refractivity contribution in [3.05, 3.63) is 53.7 Å². The summed E-state index contributed by atoms with van der Waals surface area (Å²) < 4.78 is 2.01. The Morgan fingerprint density at radius 3 is 2.50 bits per heavy atom. The number of hydrogen-bond donors (Lipinski definition) is 2. The summed E-state index contributed by atoms with van der Waals surface area (Å²) in [5.74, 6) is -0.463. The zero-order valence-corrected chi connectivity index (χ0v) is 15.5. The molecule has 2 aromatic carbocycles. The van der Waals surface area contributed by atoms with E-state index < -0.39 is 0 Å². The fraction of sp³-hybridized carbons (Fsp3) is 0.286. The maximum atomic E-state index is 13.1. The molecule has 0 fully saturated rings. The van der Waals surface area contributed by atoms with Crippen LogP contribution in [0.25, 0.3) is 10.9 Å². The molecule has 3 rings (SSSR count). The predicted molar refractivity (Wildman–Crippen MR) is 104 cm³/mol. The number of aromatic nitrogens is 1. The van der Waals surface area contributed by atoms with Crippen LogP contribution in [0, 0.1) is 0 Å². The van der Waals surface area contributed by atoms with Gasteiger partial charge in [-0.1, -0.05) is 19.9 Å². The van der Waals surface area contributed by atoms with Crippen LogP contribution in [0.15, 0.2) is 42.6 Å². The van der Waals surface area contributed by atoms with E-state index in [2.05, 4.69) is 0 Å². The maximum Gasteiger partial charge on any atom is 0.262 e. The van der Waals surface area contributed by atoms with E-state index in [1.54, 1.807) is 11.0 Å². The molecule has 0 radical (unpaired) electrons. The van der Waals surface area contributed by atoms with E-state index in [4.69, 9.17) is 0 Å². The van der Waals surface area contributed by atoms with Crippen molar-refractivity contribution in [2.24, 2.45) is 7.05 Å². The second kappa shape index (κ2) is 6.75. The fourth-order valence-electron chi connectivity index (χ4n) is 3.24. The molecule has 0 aliphatic heterocycles. The summed E-state index contributed by atoms with van der Waals surface area (Å²) in [5, 5.41) is 21.4. The number of rotatable bonds is 4. The highest BCUT2D eigenvalue weighted by atomic mass is 16.3. The minimum atomic E-state index is -0.291. The second-order valence-electron chi connectivity index (χ2n) is 6.80. The summed E-state index contributed by atoms with van der Waals surface area (Å²) in [6.07, 6.45) is 1.98. The number of amides is 1. The van der Waals surface area contributed by atoms with Gasteiger partial charge in [0.15, 0.2) is 0 Å². The van der Waals surface area contributed by atoms with E-state index >= 15 is 0 Å². The van der Waals surface area contributed by atoms with Crippen LogP contribution in [0.1, 0.15) is 42.6 Å². The van der Waals surface area contributed by atoms with Crippen molar-refractivity contribution in [3.8, 4) is 11.5 Å². The van der Waals surface area contributed by atoms with Gasteiger partial charge in [0.05, 0.1) is 5.56 Å². The Hall–Kier alpha value is -2.95. The number of aryl methyl sites for hydroxylation is 1. The zero-order chi connectivity index (χ0) is 19.0. The van der Waals surface area contributed by atoms with Gasteiger partial charge in [-0.15, -0.1) is 0 Å². The largest absolute Gasteiger partial charge is 0.508 e. The quantitative estimate of drug-likeness (QED) is 0.732. The molecule has 0 atom stereocenters. The maximum absolute atomic E-state index is 13.1. The minimum Gasteiger partial charge on any atom is -0.508 e. The number of hydrogen-bond acceptors (Lipinski definition) is 3. The average Bonchev–Trinajstić information content (AvgIpc) is 2.96. The molecule has 1 amide bonds. The Morgan fingerprint density at radius 1 is 1.12 bits per heavy atom. The molecule has 2 N–H and O–H groups in total. The van der Waals surface area contributed by atoms with E-state index in [1.807, 2.05) is 62.8 Å². The normalized spacial score (nSPS) is 11.3. The lowest BCUT2D eigenvalue weighted by Gasteiger charge is -2.23. The number of aromatic hydroxyl groups is 2. The number of anilines is 1. The highest BCUT2D eigenvalue weighted by Gasteiger charge is 2.22. The van der Waals surface area contributed by atoms with Crippen LogP contribution < -0.4 is 4.90 Å². The van der Waals surface area contributed by atoms with Crippen LogP contribution in [-0.4, -0.2) is 27.2 Å². The molecular formula is C21H24N2O3. The number of nitrogens with zero attached hydrogens (tertiary/aromatic N) is 2. The minimum absolute atomic E-state index is 0.00216. The topological polar surface area (TPSA) is 65.7 Å². The molecule has 0 saturated carbocycles. The van der Waals surface area contributed by atoms with Gasteiger partial charge in [0, 0.05) is 37.1 Å². The van der Waals surface area contributed by atoms with E-state index in [-0.39, 0.29) is 28.9 Å². The SMILES string of the molecule is CCN(C(=O)c1cc(C(C)C)c(O)cc1O)c1ccc2ccn(C)c2c1. The third-order valence-corrected chi connectivity index (χ3v) is 4.74. The molecule has 1 heterocycles. The molecule has 136 valence electrons. The van der Waals surface area contributed by atoms with Crippen LogP contribution in [0.5, 0.6) is 11.5 Å². The molecule has 5 nitrogen and oxygen atoms in total. The monoisotopic (exact) mass is 352 g/mol. The van der Waals surface area contributed by atoms with Gasteiger partial charge in [0.25, 0.3) is 5.91 Å². The van der Waals surface area contributed by atoms with E-state index in [1.165, 1.54) is 6.07 Å². The van der Waals surface area contributed by atoms with Crippen LogP contribution in [0.4, 0.5) is 5.69 Å². The van der Waals surface area contributed by atoms with Crippen molar-refractivity contribution in [1.29, 1.82) is 0 Å². The predicted octanol–water partition coefficient (Wildman–Crippen LogP) is 4.38. The molecule has 0 unspecified atom stereocenters. The Balaban J connectivity index is 2.06. The Kier molecular flexibility index (Phi) is 4.64. The third kappa shape index (κ3) is 3.01. The molecule has 0 aliphatic rings. The number of benzene rings is 2. The van der Waals surface area contributed by atoms with E-state index in [0.29, 0.717) is 12.1 Å². The fourth-order valence-corrected chi connectivity index (χ4v) is 3.24. The van der Waals surface area contributed by atoms with Gasteiger partial charge in [-0.25, -0.2) is 0 Å². The molecule has 0 aliphatic carbocycles. The van der Waals surface area contributed by atoms with Gasteiger partial charge in [-0.2, -0.15) is 0 Å². The van der Waals surface area contributed by atoms with Crippen molar-refractivity contribution >= 4 is 22.5 Å². The number of phenols is 2. The summed E-state index contributed by atoms with van der Waals surface area (Å²) >= 11 is 0. The molecule has 5 heteroatoms. The van der Waals surface area contributed by atoms with Crippen LogP contribution >= 0.6 is 0 Å². The first-order chi connectivity index (χ1) is 12.3. The highest BCUT2D eigenvalue weighted by molar-refractivity contribution is 6.08. The zero-order valence-electron chi connectivity index (χ0n) is 15.5. The van der Waals surface area contributed by atoms with Crippen molar-refractivity contribution in [2.75, 3.05) is 11.4 Å². The Labute approximate surface area is 153 Å². The van der Waals surface area contributed by atoms with Crippen molar-refractivity contribution < 1.29 is 15.0 Å². The smallest absolute Gasteiger partial charge is 0.262 e. The molecular weight excluding hydrogens is 328 g/mol. The molecule has 26 heavy (non-hydrogen) atoms. The first kappa shape index (κ1) is 17.9. The van der Waals surface area contributed by atoms with Crippen LogP contribution in [0.2, 0.25) is 0 Å². The summed E-state index contributed by atoms with van der Waals surface area (Å²) in [6, 6.07) is 10.7. The summed E-state index contributed by atoms with van der Waals surface area (Å²) in [5.41, 5.74) is 2.64. The number of fused-ring (bicyclic) bond motifs is 1. The van der Waals surface area contributed by atoms with Crippen molar-refractivity contribution in [3.63, 3.8) is 0 Å². The highest BCUT2D eigenvalue weighted by Crippen LogP contribution is 2.34. The van der Waals surface area contributed by atoms with E-state index in [0.717, 1.165) is 16.6 Å². The van der Waals surface area contributed by atoms with Gasteiger partial charge >= 0.3 is 0 Å². The van der Waals surface area contributed by atoms with Crippen LogP contribution in [-0.2, 0) is 7.05 Å². The van der Waals surface area contributed by atoms with Gasteiger partial charge in [-0.3, -0.25) is 4.79 Å². The number of phenolic OH excluding ortho intramolecular Hbond substituents is 2. The lowest BCUT2D eigenvalue weighted by atomic mass is 9.98. The Bertz CT molecular complexity index is 973. The molecule has 0 bridgehead atoms. The summed E-state index contributed by atoms with van der Waals surface area (Å²) in [7, 11) is 1.96. The van der Waals surface area contributed by atoms with Gasteiger partial charge in [-0.05, 0) is 48.1 Å². The van der Waals surface area contributed by atoms with Crippen LogP contribution in [0.3, 0.4) is 0 Å². The van der Waals surface area contributed by atoms with Gasteiger partial charge in [0.2, 0.25) is 0 Å². The van der Waals surface area contributed by atoms with Crippen molar-refractivity contribution in [1.82, 2.24) is 4.57 Å². The first-order valence-electron chi connectivity index (χ1n) is 8.76. The third-order valence-electron chi connectivity index (χ3n) is 4.74. The van der Waals surface area contributed by atoms with E-state index in [9.17, 15) is 15.0 Å². The van der Waals surface area contributed by atoms with Gasteiger partial charge < -0.3 is 19.7 Å². The van der Waals surface area contributed by atoms with Crippen molar-refractivity contribution in [2.45, 2.75) is 26.7 Å². The standard InChI is InChI=1S/C21H24N2O3/c1-5-23(15-7-6-14-8-9-22(4)18(14)10-15)21(26)17-11-16(13(2)3)19(24)12-20(17)25/h6-13,24-25H,5H2,1-4H3. The molecule has 1 aromatic heterocycles. The lowest BCUT2D eigenvalue weighted by molar-refractivity contribution is 0.0985. The number of carbonyl (C=O) groups is 1. The average molecular weight is 352 g/mol. The molecule has 3 aromatic rings. The summed E-state index contributed by atoms with van der Waals surface area (Å²) in [6.45, 7) is 6.22. The second-order valence-corrected chi connectivity index (χ2v) is 6.80. The summed E-state index contributed by atoms with van der Waals surface area (Å²) in [4.78, 5) is 14.7. The Morgan fingerprint density at radius 2 is 1.85 bits per heavy atom. The first-order valence-corrected chi connectivity index (χ1v) is 8.76. The lowest BCUT2D eigenvalue weighted by Crippen LogP contribution is -2.30.